The summed E-state index contributed by atoms with van der Waals surface area (Å²) < 4.78 is 0. The van der Waals surface area contributed by atoms with Gasteiger partial charge in [-0.3, -0.25) is 5.32 Å². The lowest BCUT2D eigenvalue weighted by Crippen LogP contribution is -2.22. The minimum atomic E-state index is 0.540. The van der Waals surface area contributed by atoms with Crippen molar-refractivity contribution in [3.05, 3.63) is 47.8 Å². The quantitative estimate of drug-likeness (QED) is 0.443. The van der Waals surface area contributed by atoms with E-state index in [2.05, 4.69) is 32.0 Å². The Kier molecular flexibility index (Phi) is 5.28. The van der Waals surface area contributed by atoms with Gasteiger partial charge in [-0.25, -0.2) is 9.97 Å². The second kappa shape index (κ2) is 7.42. The number of rotatable bonds is 7. The Hall–Kier alpha value is -2.18. The molecular formula is C14H20N6. The number of hydrogen-bond donors (Lipinski definition) is 4. The molecule has 2 rings (SSSR count). The number of nitrogens with one attached hydrogen (secondary N) is 3. The van der Waals surface area contributed by atoms with Crippen molar-refractivity contribution < 1.29 is 0 Å². The molecule has 106 valence electrons. The van der Waals surface area contributed by atoms with Crippen molar-refractivity contribution in [3.63, 3.8) is 0 Å². The summed E-state index contributed by atoms with van der Waals surface area (Å²) in [5.74, 6) is 1.39. The molecule has 0 fully saturated rings. The highest BCUT2D eigenvalue weighted by atomic mass is 15.1. The monoisotopic (exact) mass is 272 g/mol. The molecule has 0 saturated heterocycles. The largest absolute Gasteiger partial charge is 0.384 e. The molecule has 20 heavy (non-hydrogen) atoms. The van der Waals surface area contributed by atoms with Gasteiger partial charge in [0.05, 0.1) is 6.67 Å². The van der Waals surface area contributed by atoms with E-state index in [1.165, 1.54) is 5.56 Å². The first-order valence-electron chi connectivity index (χ1n) is 6.52. The van der Waals surface area contributed by atoms with Crippen LogP contribution in [0.1, 0.15) is 11.1 Å². The number of hydrogen-bond acceptors (Lipinski definition) is 6. The molecule has 0 radical (unpaired) electrons. The molecule has 0 atom stereocenters. The Morgan fingerprint density at radius 2 is 1.75 bits per heavy atom. The van der Waals surface area contributed by atoms with Crippen LogP contribution < -0.4 is 21.7 Å². The second-order valence-electron chi connectivity index (χ2n) is 4.45. The maximum atomic E-state index is 5.53. The third-order valence-electron chi connectivity index (χ3n) is 2.78. The van der Waals surface area contributed by atoms with Crippen molar-refractivity contribution >= 4 is 11.6 Å². The molecule has 0 spiro atoms. The Morgan fingerprint density at radius 3 is 2.40 bits per heavy atom. The van der Waals surface area contributed by atoms with E-state index in [0.717, 1.165) is 24.5 Å². The van der Waals surface area contributed by atoms with Crippen molar-refractivity contribution in [3.8, 4) is 0 Å². The SMILES string of the molecule is CNCc1ccc(NCNCc2ccc(N)nc2)nc1. The van der Waals surface area contributed by atoms with Crippen LogP contribution in [-0.2, 0) is 13.1 Å². The van der Waals surface area contributed by atoms with E-state index >= 15 is 0 Å². The molecule has 0 amide bonds. The predicted molar refractivity (Wildman–Crippen MR) is 81.0 cm³/mol. The van der Waals surface area contributed by atoms with Crippen molar-refractivity contribution in [2.75, 3.05) is 24.8 Å². The zero-order valence-electron chi connectivity index (χ0n) is 11.6. The maximum absolute atomic E-state index is 5.53. The molecule has 0 aliphatic heterocycles. The molecule has 0 bridgehead atoms. The van der Waals surface area contributed by atoms with Crippen LogP contribution in [-0.4, -0.2) is 23.7 Å². The molecule has 0 aliphatic carbocycles. The number of aromatic nitrogens is 2. The Balaban J connectivity index is 1.71. The van der Waals surface area contributed by atoms with E-state index in [0.29, 0.717) is 12.5 Å². The van der Waals surface area contributed by atoms with E-state index < -0.39 is 0 Å². The molecule has 2 aromatic rings. The summed E-state index contributed by atoms with van der Waals surface area (Å²) in [6.45, 7) is 2.20. The first-order valence-corrected chi connectivity index (χ1v) is 6.52. The van der Waals surface area contributed by atoms with Crippen LogP contribution in [0.2, 0.25) is 0 Å². The summed E-state index contributed by atoms with van der Waals surface area (Å²) in [5.41, 5.74) is 7.80. The maximum Gasteiger partial charge on any atom is 0.126 e. The van der Waals surface area contributed by atoms with E-state index in [-0.39, 0.29) is 0 Å². The number of anilines is 2. The lowest BCUT2D eigenvalue weighted by Gasteiger charge is -2.08. The molecule has 0 aromatic carbocycles. The number of nitrogens with two attached hydrogens (primary N) is 1. The average molecular weight is 272 g/mol. The number of nitrogens with zero attached hydrogens (tertiary/aromatic N) is 2. The van der Waals surface area contributed by atoms with Gasteiger partial charge in [-0.1, -0.05) is 12.1 Å². The summed E-state index contributed by atoms with van der Waals surface area (Å²) in [4.78, 5) is 8.38. The fourth-order valence-corrected chi connectivity index (χ4v) is 1.74. The van der Waals surface area contributed by atoms with E-state index in [9.17, 15) is 0 Å². The van der Waals surface area contributed by atoms with Crippen molar-refractivity contribution in [1.29, 1.82) is 0 Å². The third-order valence-corrected chi connectivity index (χ3v) is 2.78. The van der Waals surface area contributed by atoms with Gasteiger partial charge in [-0.15, -0.1) is 0 Å². The standard InChI is InChI=1S/C14H20N6/c1-16-6-11-3-5-14(19-9-11)20-10-17-7-12-2-4-13(15)18-8-12/h2-5,8-9,16-17H,6-7,10H2,1H3,(H2,15,18)(H,19,20). The molecule has 0 aliphatic rings. The van der Waals surface area contributed by atoms with E-state index in [4.69, 9.17) is 5.73 Å². The summed E-state index contributed by atoms with van der Waals surface area (Å²) in [5, 5.41) is 9.56. The number of pyridine rings is 2. The molecular weight excluding hydrogens is 252 g/mol. The van der Waals surface area contributed by atoms with E-state index in [1.54, 1.807) is 12.3 Å². The molecule has 0 saturated carbocycles. The lowest BCUT2D eigenvalue weighted by atomic mass is 10.3. The second-order valence-corrected chi connectivity index (χ2v) is 4.45. The molecule has 6 nitrogen and oxygen atoms in total. The smallest absolute Gasteiger partial charge is 0.126 e. The molecule has 2 heterocycles. The zero-order valence-corrected chi connectivity index (χ0v) is 11.6. The first-order chi connectivity index (χ1) is 9.78. The third kappa shape index (κ3) is 4.49. The Labute approximate surface area is 118 Å². The van der Waals surface area contributed by atoms with Gasteiger partial charge in [-0.05, 0) is 30.3 Å². The van der Waals surface area contributed by atoms with Crippen LogP contribution >= 0.6 is 0 Å². The Morgan fingerprint density at radius 1 is 1.00 bits per heavy atom. The number of nitrogen functional groups attached to an aromatic ring is 1. The highest BCUT2D eigenvalue weighted by Gasteiger charge is 1.96. The molecule has 5 N–H and O–H groups in total. The molecule has 2 aromatic heterocycles. The topological polar surface area (TPSA) is 87.9 Å². The minimum Gasteiger partial charge on any atom is -0.384 e. The van der Waals surface area contributed by atoms with Gasteiger partial charge in [0, 0.05) is 25.5 Å². The zero-order chi connectivity index (χ0) is 14.2. The van der Waals surface area contributed by atoms with Crippen LogP contribution in [0.3, 0.4) is 0 Å². The highest BCUT2D eigenvalue weighted by Crippen LogP contribution is 2.04. The highest BCUT2D eigenvalue weighted by molar-refractivity contribution is 5.35. The van der Waals surface area contributed by atoms with Gasteiger partial charge in [0.2, 0.25) is 0 Å². The van der Waals surface area contributed by atoms with Crippen LogP contribution in [0.25, 0.3) is 0 Å². The lowest BCUT2D eigenvalue weighted by molar-refractivity contribution is 0.729. The van der Waals surface area contributed by atoms with Crippen LogP contribution in [0.15, 0.2) is 36.7 Å². The Bertz CT molecular complexity index is 508. The van der Waals surface area contributed by atoms with Crippen LogP contribution in [0.5, 0.6) is 0 Å². The first kappa shape index (κ1) is 14.2. The normalized spacial score (nSPS) is 10.4. The fourth-order valence-electron chi connectivity index (χ4n) is 1.74. The average Bonchev–Trinajstić information content (AvgIpc) is 2.47. The predicted octanol–water partition coefficient (Wildman–Crippen LogP) is 0.937. The van der Waals surface area contributed by atoms with Crippen molar-refractivity contribution in [2.45, 2.75) is 13.1 Å². The van der Waals surface area contributed by atoms with Gasteiger partial charge in [0.15, 0.2) is 0 Å². The van der Waals surface area contributed by atoms with Crippen LogP contribution in [0.4, 0.5) is 11.6 Å². The van der Waals surface area contributed by atoms with Crippen molar-refractivity contribution in [2.24, 2.45) is 0 Å². The van der Waals surface area contributed by atoms with Gasteiger partial charge >= 0.3 is 0 Å². The van der Waals surface area contributed by atoms with Gasteiger partial charge in [0.1, 0.15) is 11.6 Å². The van der Waals surface area contributed by atoms with Gasteiger partial charge in [-0.2, -0.15) is 0 Å². The van der Waals surface area contributed by atoms with Gasteiger partial charge < -0.3 is 16.4 Å². The van der Waals surface area contributed by atoms with E-state index in [1.807, 2.05) is 25.4 Å². The fraction of sp³-hybridized carbons (Fsp3) is 0.286. The minimum absolute atomic E-state index is 0.540. The summed E-state index contributed by atoms with van der Waals surface area (Å²) in [6, 6.07) is 7.78. The van der Waals surface area contributed by atoms with Gasteiger partial charge in [0.25, 0.3) is 0 Å². The molecule has 0 unspecified atom stereocenters. The summed E-state index contributed by atoms with van der Waals surface area (Å²) in [6.07, 6.45) is 3.63. The summed E-state index contributed by atoms with van der Waals surface area (Å²) >= 11 is 0. The summed E-state index contributed by atoms with van der Waals surface area (Å²) in [7, 11) is 1.92. The van der Waals surface area contributed by atoms with Crippen molar-refractivity contribution in [1.82, 2.24) is 20.6 Å². The van der Waals surface area contributed by atoms with Crippen LogP contribution in [0, 0.1) is 0 Å². The molecule has 6 heteroatoms.